The summed E-state index contributed by atoms with van der Waals surface area (Å²) in [5.74, 6) is -0.762. The molecule has 0 aliphatic heterocycles. The van der Waals surface area contributed by atoms with E-state index in [4.69, 9.17) is 4.74 Å². The van der Waals surface area contributed by atoms with E-state index in [9.17, 15) is 19.7 Å². The molecule has 4 aromatic rings. The molecule has 7 heteroatoms. The van der Waals surface area contributed by atoms with Gasteiger partial charge in [-0.1, -0.05) is 72.8 Å². The van der Waals surface area contributed by atoms with Crippen LogP contribution in [-0.2, 0) is 11.3 Å². The van der Waals surface area contributed by atoms with Crippen molar-refractivity contribution in [3.8, 4) is 11.1 Å². The Bertz CT molecular complexity index is 1510. The highest BCUT2D eigenvalue weighted by Crippen LogP contribution is 2.31. The molecule has 0 radical (unpaired) electrons. The summed E-state index contributed by atoms with van der Waals surface area (Å²) >= 11 is 0. The van der Waals surface area contributed by atoms with Crippen LogP contribution in [0.2, 0.25) is 0 Å². The molecule has 0 spiro atoms. The van der Waals surface area contributed by atoms with Gasteiger partial charge in [0, 0.05) is 23.9 Å². The number of methoxy groups -OCH3 is 1. The predicted molar refractivity (Wildman–Crippen MR) is 140 cm³/mol. The van der Waals surface area contributed by atoms with Crippen molar-refractivity contribution in [1.29, 1.82) is 0 Å². The van der Waals surface area contributed by atoms with Gasteiger partial charge >= 0.3 is 5.97 Å². The number of nitrogens with zero attached hydrogens (tertiary/aromatic N) is 2. The lowest BCUT2D eigenvalue weighted by molar-refractivity contribution is -0.384. The van der Waals surface area contributed by atoms with Crippen LogP contribution in [0.5, 0.6) is 0 Å². The lowest BCUT2D eigenvalue weighted by Crippen LogP contribution is -2.24. The molecule has 1 aromatic heterocycles. The molecule has 4 rings (SSSR count). The van der Waals surface area contributed by atoms with E-state index in [0.29, 0.717) is 12.1 Å². The normalized spacial score (nSPS) is 10.9. The number of carbonyl (C=O) groups excluding carboxylic acids is 1. The van der Waals surface area contributed by atoms with Gasteiger partial charge in [0.15, 0.2) is 0 Å². The minimum Gasteiger partial charge on any atom is -0.465 e. The summed E-state index contributed by atoms with van der Waals surface area (Å²) in [6, 6.07) is 23.0. The van der Waals surface area contributed by atoms with Gasteiger partial charge in [0.25, 0.3) is 11.2 Å². The summed E-state index contributed by atoms with van der Waals surface area (Å²) < 4.78 is 6.50. The number of carbonyl (C=O) groups is 1. The highest BCUT2D eigenvalue weighted by molar-refractivity contribution is 5.99. The molecule has 0 bridgehead atoms. The van der Waals surface area contributed by atoms with Crippen molar-refractivity contribution in [3.05, 3.63) is 133 Å². The van der Waals surface area contributed by atoms with E-state index >= 15 is 0 Å². The van der Waals surface area contributed by atoms with Crippen molar-refractivity contribution in [2.75, 3.05) is 7.11 Å². The van der Waals surface area contributed by atoms with Gasteiger partial charge in [0.1, 0.15) is 0 Å². The molecular weight excluding hydrogens is 456 g/mol. The molecule has 180 valence electrons. The standard InChI is InChI=1S/C29H24N2O5/c1-20-18-30(19-22-11-7-4-8-12-22)28(32)27(24(20)15-13-21-9-5-3-6-10-21)25-16-14-23(31(34)35)17-26(25)29(33)36-2/h3-18H,19H2,1-2H3/b15-13+. The quantitative estimate of drug-likeness (QED) is 0.191. The van der Waals surface area contributed by atoms with Crippen molar-refractivity contribution in [2.24, 2.45) is 0 Å². The van der Waals surface area contributed by atoms with Crippen molar-refractivity contribution in [3.63, 3.8) is 0 Å². The third kappa shape index (κ3) is 5.15. The van der Waals surface area contributed by atoms with Gasteiger partial charge in [-0.05, 0) is 35.2 Å². The first kappa shape index (κ1) is 24.3. The molecular formula is C29H24N2O5. The summed E-state index contributed by atoms with van der Waals surface area (Å²) in [4.78, 5) is 37.4. The van der Waals surface area contributed by atoms with Gasteiger partial charge in [0.05, 0.1) is 29.7 Å². The fourth-order valence-electron chi connectivity index (χ4n) is 4.08. The average molecular weight is 481 g/mol. The number of aromatic nitrogens is 1. The third-order valence-corrected chi connectivity index (χ3v) is 5.84. The van der Waals surface area contributed by atoms with Gasteiger partial charge in [-0.2, -0.15) is 0 Å². The molecule has 0 amide bonds. The zero-order chi connectivity index (χ0) is 25.7. The van der Waals surface area contributed by atoms with E-state index < -0.39 is 10.9 Å². The van der Waals surface area contributed by atoms with Crippen molar-refractivity contribution in [2.45, 2.75) is 13.5 Å². The van der Waals surface area contributed by atoms with E-state index in [1.807, 2.05) is 79.7 Å². The van der Waals surface area contributed by atoms with Gasteiger partial charge in [-0.25, -0.2) is 4.79 Å². The van der Waals surface area contributed by atoms with Gasteiger partial charge in [-0.15, -0.1) is 0 Å². The molecule has 0 saturated heterocycles. The number of rotatable bonds is 7. The van der Waals surface area contributed by atoms with Gasteiger partial charge < -0.3 is 9.30 Å². The first-order chi connectivity index (χ1) is 17.4. The molecule has 36 heavy (non-hydrogen) atoms. The van der Waals surface area contributed by atoms with Crippen LogP contribution in [-0.4, -0.2) is 22.6 Å². The fraction of sp³-hybridized carbons (Fsp3) is 0.103. The second-order valence-corrected chi connectivity index (χ2v) is 8.24. The number of aryl methyl sites for hydroxylation is 1. The Morgan fingerprint density at radius 1 is 1.00 bits per heavy atom. The smallest absolute Gasteiger partial charge is 0.338 e. The molecule has 0 atom stereocenters. The van der Waals surface area contributed by atoms with Crippen LogP contribution in [0.1, 0.15) is 32.6 Å². The van der Waals surface area contributed by atoms with E-state index in [2.05, 4.69) is 0 Å². The maximum absolute atomic E-state index is 13.9. The average Bonchev–Trinajstić information content (AvgIpc) is 2.90. The Kier molecular flexibility index (Phi) is 7.20. The van der Waals surface area contributed by atoms with Crippen LogP contribution < -0.4 is 5.56 Å². The second kappa shape index (κ2) is 10.7. The molecule has 0 unspecified atom stereocenters. The first-order valence-electron chi connectivity index (χ1n) is 11.3. The monoisotopic (exact) mass is 480 g/mol. The zero-order valence-electron chi connectivity index (χ0n) is 19.9. The van der Waals surface area contributed by atoms with E-state index in [0.717, 1.165) is 22.8 Å². The number of nitro groups is 1. The van der Waals surface area contributed by atoms with Crippen molar-refractivity contribution >= 4 is 23.8 Å². The topological polar surface area (TPSA) is 91.4 Å². The highest BCUT2D eigenvalue weighted by atomic mass is 16.6. The predicted octanol–water partition coefficient (Wildman–Crippen LogP) is 5.74. The molecule has 0 N–H and O–H groups in total. The number of pyridine rings is 1. The van der Waals surface area contributed by atoms with Crippen LogP contribution in [0.15, 0.2) is 89.9 Å². The third-order valence-electron chi connectivity index (χ3n) is 5.84. The lowest BCUT2D eigenvalue weighted by atomic mass is 9.93. The summed E-state index contributed by atoms with van der Waals surface area (Å²) in [5, 5.41) is 11.4. The molecule has 1 heterocycles. The molecule has 0 aliphatic rings. The van der Waals surface area contributed by atoms with E-state index in [-0.39, 0.29) is 27.9 Å². The number of benzene rings is 3. The van der Waals surface area contributed by atoms with Crippen LogP contribution in [0, 0.1) is 17.0 Å². The van der Waals surface area contributed by atoms with Crippen LogP contribution in [0.25, 0.3) is 23.3 Å². The maximum atomic E-state index is 13.9. The summed E-state index contributed by atoms with van der Waals surface area (Å²) in [6.45, 7) is 2.22. The van der Waals surface area contributed by atoms with Gasteiger partial charge in [-0.3, -0.25) is 14.9 Å². The molecule has 3 aromatic carbocycles. The maximum Gasteiger partial charge on any atom is 0.338 e. The first-order valence-corrected chi connectivity index (χ1v) is 11.3. The van der Waals surface area contributed by atoms with Crippen molar-refractivity contribution < 1.29 is 14.5 Å². The second-order valence-electron chi connectivity index (χ2n) is 8.24. The Hall–Kier alpha value is -4.78. The molecule has 0 aliphatic carbocycles. The minimum absolute atomic E-state index is 0.0463. The van der Waals surface area contributed by atoms with Crippen molar-refractivity contribution in [1.82, 2.24) is 4.57 Å². The summed E-state index contributed by atoms with van der Waals surface area (Å²) in [7, 11) is 1.20. The Morgan fingerprint density at radius 2 is 1.67 bits per heavy atom. The van der Waals surface area contributed by atoms with Crippen LogP contribution in [0.4, 0.5) is 5.69 Å². The zero-order valence-corrected chi connectivity index (χ0v) is 19.9. The number of nitro benzene ring substituents is 1. The number of non-ortho nitro benzene ring substituents is 1. The molecule has 0 fully saturated rings. The largest absolute Gasteiger partial charge is 0.465 e. The summed E-state index contributed by atoms with van der Waals surface area (Å²) in [5.41, 5.74) is 3.21. The number of hydrogen-bond donors (Lipinski definition) is 0. The van der Waals surface area contributed by atoms with Crippen LogP contribution >= 0.6 is 0 Å². The SMILES string of the molecule is COC(=O)c1cc([N+](=O)[O-])ccc1-c1c(/C=C/c2ccccc2)c(C)cn(Cc2ccccc2)c1=O. The number of ether oxygens (including phenoxy) is 1. The number of esters is 1. The fourth-order valence-corrected chi connectivity index (χ4v) is 4.08. The van der Waals surface area contributed by atoms with Gasteiger partial charge in [0.2, 0.25) is 0 Å². The highest BCUT2D eigenvalue weighted by Gasteiger charge is 2.23. The van der Waals surface area contributed by atoms with Crippen LogP contribution in [0.3, 0.4) is 0 Å². The number of hydrogen-bond acceptors (Lipinski definition) is 5. The molecule has 0 saturated carbocycles. The Morgan fingerprint density at radius 3 is 2.31 bits per heavy atom. The van der Waals surface area contributed by atoms with E-state index in [1.165, 1.54) is 19.2 Å². The lowest BCUT2D eigenvalue weighted by Gasteiger charge is -2.16. The minimum atomic E-state index is -0.762. The Labute approximate surface area is 208 Å². The molecule has 7 nitrogen and oxygen atoms in total. The van der Waals surface area contributed by atoms with E-state index in [1.54, 1.807) is 10.8 Å². The Balaban J connectivity index is 1.98. The summed E-state index contributed by atoms with van der Waals surface area (Å²) in [6.07, 6.45) is 5.50.